The maximum Gasteiger partial charge on any atom is 0.0349 e. The van der Waals surface area contributed by atoms with Gasteiger partial charge in [-0.15, -0.1) is 0 Å². The van der Waals surface area contributed by atoms with E-state index in [1.807, 2.05) is 0 Å². The highest BCUT2D eigenvalue weighted by Gasteiger charge is 2.25. The Labute approximate surface area is 86.5 Å². The maximum absolute atomic E-state index is 3.59. The normalized spacial score (nSPS) is 26.8. The standard InChI is InChI=1S/C13H19N/c1-9-4-5-10(2)12(8-9)13-11(3)6-7-14-13/h4-5,8,11,13-14H,6-7H2,1-3H3/t11-,13-/m0/s1. The quantitative estimate of drug-likeness (QED) is 0.716. The number of benzene rings is 1. The van der Waals surface area contributed by atoms with E-state index < -0.39 is 0 Å². The highest BCUT2D eigenvalue weighted by molar-refractivity contribution is 5.33. The van der Waals surface area contributed by atoms with Crippen molar-refractivity contribution in [3.8, 4) is 0 Å². The summed E-state index contributed by atoms with van der Waals surface area (Å²) in [5.74, 6) is 0.774. The van der Waals surface area contributed by atoms with Crippen LogP contribution >= 0.6 is 0 Å². The van der Waals surface area contributed by atoms with Crippen molar-refractivity contribution < 1.29 is 0 Å². The Bertz CT molecular complexity index is 330. The van der Waals surface area contributed by atoms with Gasteiger partial charge in [0.05, 0.1) is 0 Å². The van der Waals surface area contributed by atoms with Gasteiger partial charge in [0.2, 0.25) is 0 Å². The summed E-state index contributed by atoms with van der Waals surface area (Å²) in [5, 5.41) is 3.59. The molecule has 14 heavy (non-hydrogen) atoms. The Morgan fingerprint density at radius 1 is 1.29 bits per heavy atom. The molecule has 0 saturated carbocycles. The first-order valence-electron chi connectivity index (χ1n) is 5.49. The molecule has 1 aromatic rings. The molecule has 1 heterocycles. The van der Waals surface area contributed by atoms with Crippen LogP contribution in [0.4, 0.5) is 0 Å². The third kappa shape index (κ3) is 1.69. The van der Waals surface area contributed by atoms with E-state index in [9.17, 15) is 0 Å². The van der Waals surface area contributed by atoms with Crippen LogP contribution in [0.1, 0.15) is 36.1 Å². The van der Waals surface area contributed by atoms with Crippen molar-refractivity contribution in [1.82, 2.24) is 5.32 Å². The zero-order chi connectivity index (χ0) is 10.1. The van der Waals surface area contributed by atoms with Crippen molar-refractivity contribution in [2.45, 2.75) is 33.2 Å². The van der Waals surface area contributed by atoms with Gasteiger partial charge in [-0.05, 0) is 43.9 Å². The molecule has 0 amide bonds. The second-order valence-electron chi connectivity index (χ2n) is 4.56. The number of nitrogens with one attached hydrogen (secondary N) is 1. The van der Waals surface area contributed by atoms with Gasteiger partial charge in [-0.3, -0.25) is 0 Å². The fraction of sp³-hybridized carbons (Fsp3) is 0.538. The van der Waals surface area contributed by atoms with E-state index in [4.69, 9.17) is 0 Å². The van der Waals surface area contributed by atoms with Crippen LogP contribution < -0.4 is 5.32 Å². The second kappa shape index (κ2) is 3.74. The van der Waals surface area contributed by atoms with Gasteiger partial charge in [0.1, 0.15) is 0 Å². The van der Waals surface area contributed by atoms with Gasteiger partial charge in [0.25, 0.3) is 0 Å². The Balaban J connectivity index is 2.34. The van der Waals surface area contributed by atoms with E-state index >= 15 is 0 Å². The highest BCUT2D eigenvalue weighted by atomic mass is 14.9. The topological polar surface area (TPSA) is 12.0 Å². The largest absolute Gasteiger partial charge is 0.310 e. The Morgan fingerprint density at radius 3 is 2.71 bits per heavy atom. The molecule has 0 spiro atoms. The number of hydrogen-bond acceptors (Lipinski definition) is 1. The highest BCUT2D eigenvalue weighted by Crippen LogP contribution is 2.31. The predicted molar refractivity (Wildman–Crippen MR) is 60.4 cm³/mol. The second-order valence-corrected chi connectivity index (χ2v) is 4.56. The molecule has 1 saturated heterocycles. The molecule has 76 valence electrons. The molecule has 2 atom stereocenters. The first kappa shape index (κ1) is 9.72. The fourth-order valence-electron chi connectivity index (χ4n) is 2.35. The van der Waals surface area contributed by atoms with Gasteiger partial charge < -0.3 is 5.32 Å². The fourth-order valence-corrected chi connectivity index (χ4v) is 2.35. The molecule has 1 heteroatoms. The molecule has 1 N–H and O–H groups in total. The van der Waals surface area contributed by atoms with Crippen LogP contribution in [0.25, 0.3) is 0 Å². The van der Waals surface area contributed by atoms with E-state index in [1.165, 1.54) is 29.7 Å². The van der Waals surface area contributed by atoms with Gasteiger partial charge in [0, 0.05) is 6.04 Å². The van der Waals surface area contributed by atoms with E-state index in [-0.39, 0.29) is 0 Å². The minimum atomic E-state index is 0.579. The zero-order valence-corrected chi connectivity index (χ0v) is 9.30. The Kier molecular flexibility index (Phi) is 2.60. The minimum absolute atomic E-state index is 0.579. The van der Waals surface area contributed by atoms with Crippen LogP contribution in [0, 0.1) is 19.8 Å². The molecule has 1 aliphatic rings. The Hall–Kier alpha value is -0.820. The first-order chi connectivity index (χ1) is 6.68. The molecule has 0 aromatic heterocycles. The Morgan fingerprint density at radius 2 is 2.07 bits per heavy atom. The van der Waals surface area contributed by atoms with Crippen LogP contribution in [0.5, 0.6) is 0 Å². The first-order valence-corrected chi connectivity index (χ1v) is 5.49. The molecular formula is C13H19N. The van der Waals surface area contributed by atoms with Crippen LogP contribution in [-0.2, 0) is 0 Å². The summed E-state index contributed by atoms with van der Waals surface area (Å²) in [6.45, 7) is 7.88. The number of aryl methyl sites for hydroxylation is 2. The lowest BCUT2D eigenvalue weighted by Gasteiger charge is -2.19. The lowest BCUT2D eigenvalue weighted by atomic mass is 9.92. The molecule has 0 bridgehead atoms. The monoisotopic (exact) mass is 189 g/mol. The van der Waals surface area contributed by atoms with Crippen molar-refractivity contribution in [2.75, 3.05) is 6.54 Å². The summed E-state index contributed by atoms with van der Waals surface area (Å²) < 4.78 is 0. The van der Waals surface area contributed by atoms with Crippen LogP contribution in [0.3, 0.4) is 0 Å². The zero-order valence-electron chi connectivity index (χ0n) is 9.30. The molecule has 1 aromatic carbocycles. The number of hydrogen-bond donors (Lipinski definition) is 1. The molecule has 1 fully saturated rings. The van der Waals surface area contributed by atoms with Gasteiger partial charge in [-0.25, -0.2) is 0 Å². The summed E-state index contributed by atoms with van der Waals surface area (Å²) in [5.41, 5.74) is 4.28. The molecule has 1 aliphatic heterocycles. The molecule has 0 aliphatic carbocycles. The summed E-state index contributed by atoms with van der Waals surface area (Å²) in [4.78, 5) is 0. The van der Waals surface area contributed by atoms with Crippen LogP contribution in [0.15, 0.2) is 18.2 Å². The van der Waals surface area contributed by atoms with Crippen molar-refractivity contribution in [3.63, 3.8) is 0 Å². The summed E-state index contributed by atoms with van der Waals surface area (Å²) in [6, 6.07) is 7.33. The summed E-state index contributed by atoms with van der Waals surface area (Å²) in [6.07, 6.45) is 1.30. The average molecular weight is 189 g/mol. The van der Waals surface area contributed by atoms with Crippen molar-refractivity contribution >= 4 is 0 Å². The van der Waals surface area contributed by atoms with E-state index in [0.717, 1.165) is 5.92 Å². The average Bonchev–Trinajstić information content (AvgIpc) is 2.56. The smallest absolute Gasteiger partial charge is 0.0349 e. The van der Waals surface area contributed by atoms with Gasteiger partial charge in [-0.1, -0.05) is 30.7 Å². The van der Waals surface area contributed by atoms with Gasteiger partial charge in [0.15, 0.2) is 0 Å². The van der Waals surface area contributed by atoms with E-state index in [1.54, 1.807) is 0 Å². The number of rotatable bonds is 1. The van der Waals surface area contributed by atoms with Crippen molar-refractivity contribution in [3.05, 3.63) is 34.9 Å². The lowest BCUT2D eigenvalue weighted by Crippen LogP contribution is -2.17. The molecule has 1 nitrogen and oxygen atoms in total. The SMILES string of the molecule is Cc1ccc(C)c([C@H]2NCC[C@@H]2C)c1. The van der Waals surface area contributed by atoms with E-state index in [2.05, 4.69) is 44.3 Å². The third-order valence-electron chi connectivity index (χ3n) is 3.30. The minimum Gasteiger partial charge on any atom is -0.310 e. The van der Waals surface area contributed by atoms with Crippen LogP contribution in [-0.4, -0.2) is 6.54 Å². The summed E-state index contributed by atoms with van der Waals surface area (Å²) in [7, 11) is 0. The van der Waals surface area contributed by atoms with Gasteiger partial charge >= 0.3 is 0 Å². The molecule has 0 radical (unpaired) electrons. The van der Waals surface area contributed by atoms with Crippen LogP contribution in [0.2, 0.25) is 0 Å². The third-order valence-corrected chi connectivity index (χ3v) is 3.30. The predicted octanol–water partition coefficient (Wildman–Crippen LogP) is 2.97. The summed E-state index contributed by atoms with van der Waals surface area (Å²) >= 11 is 0. The van der Waals surface area contributed by atoms with Crippen molar-refractivity contribution in [1.29, 1.82) is 0 Å². The lowest BCUT2D eigenvalue weighted by molar-refractivity contribution is 0.501. The van der Waals surface area contributed by atoms with Crippen molar-refractivity contribution in [2.24, 2.45) is 5.92 Å². The van der Waals surface area contributed by atoms with E-state index in [0.29, 0.717) is 6.04 Å². The molecule has 2 rings (SSSR count). The molecular weight excluding hydrogens is 170 g/mol. The molecule has 0 unspecified atom stereocenters. The van der Waals surface area contributed by atoms with Gasteiger partial charge in [-0.2, -0.15) is 0 Å². The maximum atomic E-state index is 3.59.